The summed E-state index contributed by atoms with van der Waals surface area (Å²) in [6.45, 7) is 2.25. The summed E-state index contributed by atoms with van der Waals surface area (Å²) in [4.78, 5) is 0. The van der Waals surface area contributed by atoms with Crippen molar-refractivity contribution in [1.82, 2.24) is 0 Å². The largest absolute Gasteiger partial charge is 0.118 e. The fraction of sp³-hybridized carbons (Fsp3) is 0.250. The second-order valence-electron chi connectivity index (χ2n) is 5.10. The van der Waals surface area contributed by atoms with Crippen LogP contribution in [0, 0.1) is 0 Å². The summed E-state index contributed by atoms with van der Waals surface area (Å²) in [6, 6.07) is 16.6. The molecule has 0 bridgehead atoms. The van der Waals surface area contributed by atoms with E-state index in [0.29, 0.717) is 0 Å². The lowest BCUT2D eigenvalue weighted by Crippen LogP contribution is -2.19. The van der Waals surface area contributed by atoms with Gasteiger partial charge in [-0.15, -0.1) is 11.6 Å². The van der Waals surface area contributed by atoms with E-state index < -0.39 is 0 Å². The number of rotatable bonds is 1. The molecule has 0 fully saturated rings. The van der Waals surface area contributed by atoms with Crippen LogP contribution in [0.5, 0.6) is 0 Å². The van der Waals surface area contributed by atoms with Crippen molar-refractivity contribution in [3.8, 4) is 0 Å². The minimum atomic E-state index is -0.0338. The van der Waals surface area contributed by atoms with Crippen LogP contribution in [-0.4, -0.2) is 0 Å². The SMILES string of the molecule is CC1(c2ccccc2)CC(Cl)c2ccc(Cl)cc21. The molecule has 0 saturated heterocycles. The highest BCUT2D eigenvalue weighted by molar-refractivity contribution is 6.30. The number of hydrogen-bond donors (Lipinski definition) is 0. The Kier molecular flexibility index (Phi) is 2.88. The zero-order valence-corrected chi connectivity index (χ0v) is 11.7. The van der Waals surface area contributed by atoms with E-state index in [4.69, 9.17) is 23.2 Å². The van der Waals surface area contributed by atoms with Crippen molar-refractivity contribution in [1.29, 1.82) is 0 Å². The molecule has 18 heavy (non-hydrogen) atoms. The summed E-state index contributed by atoms with van der Waals surface area (Å²) in [5.74, 6) is 0. The second kappa shape index (κ2) is 4.29. The van der Waals surface area contributed by atoms with E-state index in [2.05, 4.69) is 43.3 Å². The molecule has 0 aliphatic heterocycles. The maximum Gasteiger partial charge on any atom is 0.0599 e. The Bertz CT molecular complexity index is 577. The van der Waals surface area contributed by atoms with E-state index in [9.17, 15) is 0 Å². The van der Waals surface area contributed by atoms with Crippen molar-refractivity contribution in [2.45, 2.75) is 24.1 Å². The van der Waals surface area contributed by atoms with Crippen LogP contribution in [0.4, 0.5) is 0 Å². The molecule has 0 amide bonds. The maximum atomic E-state index is 6.49. The maximum absolute atomic E-state index is 6.49. The molecule has 2 aromatic carbocycles. The molecular formula is C16H14Cl2. The van der Waals surface area contributed by atoms with Crippen LogP contribution in [0.15, 0.2) is 48.5 Å². The van der Waals surface area contributed by atoms with Gasteiger partial charge in [0.05, 0.1) is 5.38 Å². The first-order chi connectivity index (χ1) is 8.61. The molecule has 0 heterocycles. The molecule has 0 spiro atoms. The predicted molar refractivity (Wildman–Crippen MR) is 77.6 cm³/mol. The van der Waals surface area contributed by atoms with Gasteiger partial charge in [0, 0.05) is 10.4 Å². The average molecular weight is 277 g/mol. The zero-order valence-electron chi connectivity index (χ0n) is 10.2. The van der Waals surface area contributed by atoms with Crippen LogP contribution in [-0.2, 0) is 5.41 Å². The van der Waals surface area contributed by atoms with Crippen molar-refractivity contribution in [3.05, 3.63) is 70.2 Å². The molecule has 0 aromatic heterocycles. The average Bonchev–Trinajstić information content (AvgIpc) is 2.63. The van der Waals surface area contributed by atoms with Crippen molar-refractivity contribution in [2.75, 3.05) is 0 Å². The number of fused-ring (bicyclic) bond motifs is 1. The molecule has 0 saturated carbocycles. The van der Waals surface area contributed by atoms with Crippen LogP contribution in [0.1, 0.15) is 35.4 Å². The van der Waals surface area contributed by atoms with Crippen LogP contribution in [0.3, 0.4) is 0 Å². The number of hydrogen-bond acceptors (Lipinski definition) is 0. The lowest BCUT2D eigenvalue weighted by Gasteiger charge is -2.26. The van der Waals surface area contributed by atoms with E-state index in [0.717, 1.165) is 11.4 Å². The van der Waals surface area contributed by atoms with E-state index in [-0.39, 0.29) is 10.8 Å². The lowest BCUT2D eigenvalue weighted by molar-refractivity contribution is 0.559. The molecule has 2 unspecified atom stereocenters. The van der Waals surface area contributed by atoms with Crippen LogP contribution < -0.4 is 0 Å². The normalized spacial score (nSPS) is 26.1. The minimum Gasteiger partial charge on any atom is -0.118 e. The predicted octanol–water partition coefficient (Wildman–Crippen LogP) is 5.33. The number of alkyl halides is 1. The standard InChI is InChI=1S/C16H14Cl2/c1-16(11-5-3-2-4-6-11)10-15(18)13-8-7-12(17)9-14(13)16/h2-9,15H,10H2,1H3. The van der Waals surface area contributed by atoms with Crippen molar-refractivity contribution < 1.29 is 0 Å². The molecule has 1 aliphatic rings. The van der Waals surface area contributed by atoms with Gasteiger partial charge in [0.2, 0.25) is 0 Å². The van der Waals surface area contributed by atoms with Gasteiger partial charge in [-0.3, -0.25) is 0 Å². The first-order valence-corrected chi connectivity index (χ1v) is 6.92. The summed E-state index contributed by atoms with van der Waals surface area (Å²) in [5.41, 5.74) is 3.75. The molecule has 0 radical (unpaired) electrons. The Hall–Kier alpha value is -0.980. The molecule has 92 valence electrons. The van der Waals surface area contributed by atoms with Gasteiger partial charge in [-0.2, -0.15) is 0 Å². The molecule has 3 rings (SSSR count). The summed E-state index contributed by atoms with van der Waals surface area (Å²) in [7, 11) is 0. The fourth-order valence-electron chi connectivity index (χ4n) is 2.94. The van der Waals surface area contributed by atoms with Gasteiger partial charge in [-0.05, 0) is 35.2 Å². The van der Waals surface area contributed by atoms with Crippen LogP contribution in [0.2, 0.25) is 5.02 Å². The monoisotopic (exact) mass is 276 g/mol. The first-order valence-electron chi connectivity index (χ1n) is 6.11. The molecule has 1 aliphatic carbocycles. The molecule has 0 nitrogen and oxygen atoms in total. The highest BCUT2D eigenvalue weighted by Crippen LogP contribution is 2.51. The molecule has 2 atom stereocenters. The van der Waals surface area contributed by atoms with Crippen molar-refractivity contribution >= 4 is 23.2 Å². The van der Waals surface area contributed by atoms with Gasteiger partial charge in [-0.25, -0.2) is 0 Å². The van der Waals surface area contributed by atoms with E-state index in [1.165, 1.54) is 16.7 Å². The topological polar surface area (TPSA) is 0 Å². The summed E-state index contributed by atoms with van der Waals surface area (Å²) < 4.78 is 0. The summed E-state index contributed by atoms with van der Waals surface area (Å²) >= 11 is 12.6. The van der Waals surface area contributed by atoms with E-state index in [1.54, 1.807) is 0 Å². The number of benzene rings is 2. The third kappa shape index (κ3) is 1.75. The van der Waals surface area contributed by atoms with Crippen molar-refractivity contribution in [2.24, 2.45) is 0 Å². The highest BCUT2D eigenvalue weighted by atomic mass is 35.5. The fourth-order valence-corrected chi connectivity index (χ4v) is 3.61. The Labute approximate surface area is 118 Å². The third-order valence-corrected chi connectivity index (χ3v) is 4.57. The smallest absolute Gasteiger partial charge is 0.0599 e. The zero-order chi connectivity index (χ0) is 12.8. The van der Waals surface area contributed by atoms with Crippen molar-refractivity contribution in [3.63, 3.8) is 0 Å². The molecule has 0 N–H and O–H groups in total. The summed E-state index contributed by atoms with van der Waals surface area (Å²) in [5, 5.41) is 0.851. The number of halogens is 2. The third-order valence-electron chi connectivity index (χ3n) is 3.95. The van der Waals surface area contributed by atoms with Crippen LogP contribution in [0.25, 0.3) is 0 Å². The highest BCUT2D eigenvalue weighted by Gasteiger charge is 2.40. The quantitative estimate of drug-likeness (QED) is 0.618. The van der Waals surface area contributed by atoms with Gasteiger partial charge >= 0.3 is 0 Å². The van der Waals surface area contributed by atoms with Gasteiger partial charge in [0.1, 0.15) is 0 Å². The minimum absolute atomic E-state index is 0.0338. The Balaban J connectivity index is 2.20. The second-order valence-corrected chi connectivity index (χ2v) is 6.06. The van der Waals surface area contributed by atoms with E-state index >= 15 is 0 Å². The summed E-state index contributed by atoms with van der Waals surface area (Å²) in [6.07, 6.45) is 0.925. The Morgan fingerprint density at radius 3 is 2.56 bits per heavy atom. The molecule has 2 aromatic rings. The van der Waals surface area contributed by atoms with Gasteiger partial charge in [0.25, 0.3) is 0 Å². The van der Waals surface area contributed by atoms with Crippen LogP contribution >= 0.6 is 23.2 Å². The van der Waals surface area contributed by atoms with E-state index in [1.807, 2.05) is 12.1 Å². The molecule has 2 heteroatoms. The molecular weight excluding hydrogens is 263 g/mol. The van der Waals surface area contributed by atoms with Gasteiger partial charge in [-0.1, -0.05) is 54.9 Å². The first kappa shape index (κ1) is 12.1. The Morgan fingerprint density at radius 2 is 1.83 bits per heavy atom. The lowest BCUT2D eigenvalue weighted by atomic mass is 9.77. The van der Waals surface area contributed by atoms with Gasteiger partial charge in [0.15, 0.2) is 0 Å². The Morgan fingerprint density at radius 1 is 1.11 bits per heavy atom. The van der Waals surface area contributed by atoms with Gasteiger partial charge < -0.3 is 0 Å².